The summed E-state index contributed by atoms with van der Waals surface area (Å²) in [6.45, 7) is 0. The Morgan fingerprint density at radius 3 is 2.68 bits per heavy atom. The average Bonchev–Trinajstić information content (AvgIpc) is 2.90. The number of nitrogens with two attached hydrogens (primary N) is 1. The normalized spacial score (nSPS) is 11.5. The van der Waals surface area contributed by atoms with Crippen LogP contribution in [0.1, 0.15) is 0 Å². The monoisotopic (exact) mass is 318 g/mol. The number of hydrogen-bond acceptors (Lipinski definition) is 6. The minimum absolute atomic E-state index is 0.0469. The first-order chi connectivity index (χ1) is 10.5. The van der Waals surface area contributed by atoms with Crippen LogP contribution in [0.3, 0.4) is 0 Å². The molecule has 2 aromatic heterocycles. The highest BCUT2D eigenvalue weighted by Crippen LogP contribution is 2.25. The third-order valence-corrected chi connectivity index (χ3v) is 4.55. The Bertz CT molecular complexity index is 917. The van der Waals surface area contributed by atoms with E-state index in [0.29, 0.717) is 17.0 Å². The van der Waals surface area contributed by atoms with Crippen molar-refractivity contribution in [3.8, 4) is 0 Å². The Morgan fingerprint density at radius 1 is 1.18 bits per heavy atom. The maximum atomic E-state index is 12.4. The van der Waals surface area contributed by atoms with Crippen LogP contribution < -0.4 is 16.0 Å². The van der Waals surface area contributed by atoms with Crippen molar-refractivity contribution in [1.82, 2.24) is 14.8 Å². The summed E-state index contributed by atoms with van der Waals surface area (Å²) in [6, 6.07) is 8.23. The van der Waals surface area contributed by atoms with E-state index in [2.05, 4.69) is 20.2 Å². The van der Waals surface area contributed by atoms with E-state index in [0.717, 1.165) is 5.39 Å². The lowest BCUT2D eigenvalue weighted by Gasteiger charge is -2.10. The van der Waals surface area contributed by atoms with E-state index in [1.54, 1.807) is 30.1 Å². The fourth-order valence-corrected chi connectivity index (χ4v) is 3.15. The van der Waals surface area contributed by atoms with Gasteiger partial charge < -0.3 is 5.43 Å². The molecule has 22 heavy (non-hydrogen) atoms. The Hall–Kier alpha value is -2.65. The number of sulfonamides is 1. The van der Waals surface area contributed by atoms with E-state index in [1.807, 2.05) is 6.07 Å². The Morgan fingerprint density at radius 2 is 2.00 bits per heavy atom. The van der Waals surface area contributed by atoms with Gasteiger partial charge in [0.15, 0.2) is 0 Å². The predicted molar refractivity (Wildman–Crippen MR) is 83.6 cm³/mol. The van der Waals surface area contributed by atoms with Crippen LogP contribution in [0.4, 0.5) is 11.5 Å². The number of aromatic nitrogens is 3. The number of nitrogen functional groups attached to an aromatic ring is 1. The van der Waals surface area contributed by atoms with Crippen molar-refractivity contribution in [2.24, 2.45) is 12.9 Å². The Labute approximate surface area is 127 Å². The molecule has 0 aliphatic rings. The standard InChI is InChI=1S/C13H14N6O2S/c1-19-13-9(7-16-19)3-2-4-11(13)18-22(20,21)10-5-6-12(17-14)15-8-10/h2-8,18H,14H2,1H3,(H,15,17). The summed E-state index contributed by atoms with van der Waals surface area (Å²) in [5.41, 5.74) is 3.51. The molecule has 3 aromatic rings. The van der Waals surface area contributed by atoms with Gasteiger partial charge in [0.25, 0.3) is 10.0 Å². The minimum Gasteiger partial charge on any atom is -0.308 e. The van der Waals surface area contributed by atoms with Crippen molar-refractivity contribution < 1.29 is 8.42 Å². The maximum Gasteiger partial charge on any atom is 0.263 e. The topological polar surface area (TPSA) is 115 Å². The van der Waals surface area contributed by atoms with Gasteiger partial charge in [0.1, 0.15) is 10.7 Å². The number of nitrogens with zero attached hydrogens (tertiary/aromatic N) is 3. The number of anilines is 2. The maximum absolute atomic E-state index is 12.4. The van der Waals surface area contributed by atoms with E-state index in [4.69, 9.17) is 5.84 Å². The summed E-state index contributed by atoms with van der Waals surface area (Å²) in [7, 11) is -1.99. The Kier molecular flexibility index (Phi) is 3.43. The molecule has 1 aromatic carbocycles. The number of benzene rings is 1. The smallest absolute Gasteiger partial charge is 0.263 e. The molecule has 0 saturated heterocycles. The van der Waals surface area contributed by atoms with Gasteiger partial charge in [0.05, 0.1) is 17.4 Å². The molecule has 0 saturated carbocycles. The second kappa shape index (κ2) is 5.28. The number of fused-ring (bicyclic) bond motifs is 1. The second-order valence-electron chi connectivity index (χ2n) is 4.64. The molecule has 0 unspecified atom stereocenters. The Balaban J connectivity index is 2.01. The molecule has 4 N–H and O–H groups in total. The number of nitrogens with one attached hydrogen (secondary N) is 2. The number of hydrazine groups is 1. The zero-order chi connectivity index (χ0) is 15.7. The number of hydrogen-bond donors (Lipinski definition) is 3. The molecule has 114 valence electrons. The molecule has 0 aliphatic heterocycles. The summed E-state index contributed by atoms with van der Waals surface area (Å²) in [6.07, 6.45) is 2.91. The highest BCUT2D eigenvalue weighted by molar-refractivity contribution is 7.92. The third-order valence-electron chi connectivity index (χ3n) is 3.20. The number of rotatable bonds is 4. The van der Waals surface area contributed by atoms with Crippen molar-refractivity contribution in [3.05, 3.63) is 42.7 Å². The predicted octanol–water partition coefficient (Wildman–Crippen LogP) is 1.05. The molecule has 0 bridgehead atoms. The molecule has 8 nitrogen and oxygen atoms in total. The van der Waals surface area contributed by atoms with E-state index in [9.17, 15) is 8.42 Å². The van der Waals surface area contributed by atoms with E-state index >= 15 is 0 Å². The minimum atomic E-state index is -3.75. The van der Waals surface area contributed by atoms with Crippen molar-refractivity contribution in [1.29, 1.82) is 0 Å². The second-order valence-corrected chi connectivity index (χ2v) is 6.32. The van der Waals surface area contributed by atoms with Gasteiger partial charge in [-0.3, -0.25) is 9.40 Å². The van der Waals surface area contributed by atoms with E-state index < -0.39 is 10.0 Å². The third kappa shape index (κ3) is 2.47. The number of pyridine rings is 1. The van der Waals surface area contributed by atoms with Crippen LogP contribution in [-0.4, -0.2) is 23.2 Å². The molecule has 0 atom stereocenters. The molecule has 0 amide bonds. The van der Waals surface area contributed by atoms with Gasteiger partial charge >= 0.3 is 0 Å². The molecular formula is C13H14N6O2S. The molecular weight excluding hydrogens is 304 g/mol. The summed E-state index contributed by atoms with van der Waals surface area (Å²) in [4.78, 5) is 3.95. The average molecular weight is 318 g/mol. The highest BCUT2D eigenvalue weighted by Gasteiger charge is 2.17. The molecule has 0 aliphatic carbocycles. The lowest BCUT2D eigenvalue weighted by molar-refractivity contribution is 0.601. The van der Waals surface area contributed by atoms with Crippen molar-refractivity contribution in [2.45, 2.75) is 4.90 Å². The number of para-hydroxylation sites is 1. The van der Waals surface area contributed by atoms with Crippen molar-refractivity contribution >= 4 is 32.4 Å². The molecule has 0 radical (unpaired) electrons. The SMILES string of the molecule is Cn1ncc2cccc(NS(=O)(=O)c3ccc(NN)nc3)c21. The van der Waals surface area contributed by atoms with Crippen LogP contribution in [-0.2, 0) is 17.1 Å². The first kappa shape index (κ1) is 14.3. The summed E-state index contributed by atoms with van der Waals surface area (Å²) < 4.78 is 29.1. The van der Waals surface area contributed by atoms with Crippen LogP contribution in [0.5, 0.6) is 0 Å². The fraction of sp³-hybridized carbons (Fsp3) is 0.0769. The van der Waals surface area contributed by atoms with Gasteiger partial charge in [0.2, 0.25) is 0 Å². The summed E-state index contributed by atoms with van der Waals surface area (Å²) in [5.74, 6) is 5.59. The van der Waals surface area contributed by atoms with Crippen LogP contribution in [0.2, 0.25) is 0 Å². The lowest BCUT2D eigenvalue weighted by atomic mass is 10.2. The van der Waals surface area contributed by atoms with Crippen LogP contribution in [0.15, 0.2) is 47.6 Å². The largest absolute Gasteiger partial charge is 0.308 e. The summed E-state index contributed by atoms with van der Waals surface area (Å²) in [5, 5.41) is 4.98. The van der Waals surface area contributed by atoms with E-state index in [1.165, 1.54) is 18.3 Å². The van der Waals surface area contributed by atoms with Crippen LogP contribution >= 0.6 is 0 Å². The highest BCUT2D eigenvalue weighted by atomic mass is 32.2. The summed E-state index contributed by atoms with van der Waals surface area (Å²) >= 11 is 0. The van der Waals surface area contributed by atoms with Gasteiger partial charge in [0, 0.05) is 18.6 Å². The van der Waals surface area contributed by atoms with E-state index in [-0.39, 0.29) is 4.90 Å². The first-order valence-electron chi connectivity index (χ1n) is 6.37. The molecule has 0 spiro atoms. The van der Waals surface area contributed by atoms with Crippen LogP contribution in [0.25, 0.3) is 10.9 Å². The first-order valence-corrected chi connectivity index (χ1v) is 7.86. The zero-order valence-corrected chi connectivity index (χ0v) is 12.5. The van der Waals surface area contributed by atoms with Crippen LogP contribution in [0, 0.1) is 0 Å². The van der Waals surface area contributed by atoms with Crippen molar-refractivity contribution in [2.75, 3.05) is 10.1 Å². The van der Waals surface area contributed by atoms with Gasteiger partial charge in [-0.15, -0.1) is 0 Å². The zero-order valence-electron chi connectivity index (χ0n) is 11.7. The fourth-order valence-electron chi connectivity index (χ4n) is 2.14. The van der Waals surface area contributed by atoms with Gasteiger partial charge in [-0.05, 0) is 18.2 Å². The number of aryl methyl sites for hydroxylation is 1. The van der Waals surface area contributed by atoms with Gasteiger partial charge in [-0.2, -0.15) is 5.10 Å². The van der Waals surface area contributed by atoms with Gasteiger partial charge in [-0.25, -0.2) is 19.2 Å². The molecule has 0 fully saturated rings. The molecule has 2 heterocycles. The van der Waals surface area contributed by atoms with Crippen molar-refractivity contribution in [3.63, 3.8) is 0 Å². The molecule has 3 rings (SSSR count). The lowest BCUT2D eigenvalue weighted by Crippen LogP contribution is -2.15. The van der Waals surface area contributed by atoms with Gasteiger partial charge in [-0.1, -0.05) is 12.1 Å². The quantitative estimate of drug-likeness (QED) is 0.489. The molecule has 9 heteroatoms.